The molecule has 20 heavy (non-hydrogen) atoms. The second-order valence-corrected chi connectivity index (χ2v) is 4.36. The lowest BCUT2D eigenvalue weighted by Crippen LogP contribution is -2.11. The maximum atomic E-state index is 11.4. The third kappa shape index (κ3) is 8.53. The number of rotatable bonds is 10. The van der Waals surface area contributed by atoms with E-state index in [-0.39, 0.29) is 31.6 Å². The molecular formula is C14H24O6. The van der Waals surface area contributed by atoms with Crippen LogP contribution in [0.1, 0.15) is 58.8 Å². The van der Waals surface area contributed by atoms with Crippen LogP contribution in [0.4, 0.5) is 0 Å². The Labute approximate surface area is 119 Å². The molecule has 0 rings (SSSR count). The number of aliphatic hydroxyl groups excluding tert-OH is 2. The maximum absolute atomic E-state index is 11.4. The first kappa shape index (κ1) is 18.4. The largest absolute Gasteiger partial charge is 0.478 e. The van der Waals surface area contributed by atoms with Gasteiger partial charge in [0.05, 0.1) is 0 Å². The molecule has 0 heterocycles. The number of carbonyl (C=O) groups excluding carboxylic acids is 2. The van der Waals surface area contributed by atoms with Crippen LogP contribution in [0.5, 0.6) is 0 Å². The molecular weight excluding hydrogens is 264 g/mol. The van der Waals surface area contributed by atoms with E-state index in [2.05, 4.69) is 0 Å². The average Bonchev–Trinajstić information content (AvgIpc) is 2.38. The zero-order valence-electron chi connectivity index (χ0n) is 12.2. The van der Waals surface area contributed by atoms with Crippen LogP contribution in [0.3, 0.4) is 0 Å². The summed E-state index contributed by atoms with van der Waals surface area (Å²) in [5, 5.41) is 18.4. The molecule has 116 valence electrons. The molecule has 2 N–H and O–H groups in total. The Morgan fingerprint density at radius 1 is 0.900 bits per heavy atom. The number of ether oxygens (including phenoxy) is 2. The van der Waals surface area contributed by atoms with E-state index < -0.39 is 17.9 Å². The lowest BCUT2D eigenvalue weighted by molar-refractivity contribution is -0.147. The van der Waals surface area contributed by atoms with Gasteiger partial charge in [-0.25, -0.2) is 0 Å². The maximum Gasteiger partial charge on any atom is 0.325 e. The highest BCUT2D eigenvalue weighted by atomic mass is 16.6. The van der Waals surface area contributed by atoms with Gasteiger partial charge in [-0.1, -0.05) is 13.8 Å². The molecule has 0 aliphatic carbocycles. The Morgan fingerprint density at radius 2 is 1.45 bits per heavy atom. The second kappa shape index (κ2) is 11.3. The molecule has 0 aromatic heterocycles. The monoisotopic (exact) mass is 288 g/mol. The summed E-state index contributed by atoms with van der Waals surface area (Å²) in [7, 11) is 0. The van der Waals surface area contributed by atoms with E-state index in [1.165, 1.54) is 0 Å². The first-order valence-electron chi connectivity index (χ1n) is 6.99. The number of hydrogen-bond acceptors (Lipinski definition) is 6. The van der Waals surface area contributed by atoms with Crippen LogP contribution in [0.15, 0.2) is 11.7 Å². The highest BCUT2D eigenvalue weighted by Gasteiger charge is 2.16. The minimum Gasteiger partial charge on any atom is -0.478 e. The molecule has 0 atom stereocenters. The Balaban J connectivity index is 4.68. The van der Waals surface area contributed by atoms with Crippen molar-refractivity contribution in [2.45, 2.75) is 58.8 Å². The van der Waals surface area contributed by atoms with Crippen LogP contribution in [0.2, 0.25) is 0 Å². The van der Waals surface area contributed by atoms with Gasteiger partial charge in [0.25, 0.3) is 0 Å². The van der Waals surface area contributed by atoms with Crippen molar-refractivity contribution in [1.29, 1.82) is 0 Å². The number of hydrogen-bond donors (Lipinski definition) is 2. The number of unbranched alkanes of at least 4 members (excludes halogenated alkanes) is 1. The fourth-order valence-corrected chi connectivity index (χ4v) is 1.41. The molecule has 6 nitrogen and oxygen atoms in total. The van der Waals surface area contributed by atoms with E-state index in [0.717, 1.165) is 0 Å². The van der Waals surface area contributed by atoms with Crippen molar-refractivity contribution in [2.75, 3.05) is 6.61 Å². The van der Waals surface area contributed by atoms with E-state index in [4.69, 9.17) is 14.6 Å². The van der Waals surface area contributed by atoms with Crippen molar-refractivity contribution in [2.24, 2.45) is 0 Å². The van der Waals surface area contributed by atoms with Gasteiger partial charge in [-0.05, 0) is 25.7 Å². The highest BCUT2D eigenvalue weighted by molar-refractivity contribution is 5.71. The van der Waals surface area contributed by atoms with E-state index >= 15 is 0 Å². The van der Waals surface area contributed by atoms with Crippen LogP contribution in [0.25, 0.3) is 0 Å². The van der Waals surface area contributed by atoms with Gasteiger partial charge in [-0.15, -0.1) is 0 Å². The standard InChI is InChI=1S/C14H24O6/c1-3-7-12(16)19-11(9-5-6-10-15)14(18)20-13(17)8-4-2/h15,18H,3-10H2,1-2H3/b14-11-. The lowest BCUT2D eigenvalue weighted by Gasteiger charge is -2.10. The molecule has 0 aliphatic heterocycles. The summed E-state index contributed by atoms with van der Waals surface area (Å²) < 4.78 is 9.73. The van der Waals surface area contributed by atoms with Gasteiger partial charge in [-0.2, -0.15) is 0 Å². The minimum absolute atomic E-state index is 0.00652. The van der Waals surface area contributed by atoms with Crippen LogP contribution in [-0.2, 0) is 19.1 Å². The number of aliphatic hydroxyl groups is 2. The third-order valence-electron chi connectivity index (χ3n) is 2.41. The molecule has 6 heteroatoms. The smallest absolute Gasteiger partial charge is 0.325 e. The van der Waals surface area contributed by atoms with Crippen molar-refractivity contribution in [3.05, 3.63) is 11.7 Å². The molecule has 0 fully saturated rings. The van der Waals surface area contributed by atoms with Gasteiger partial charge >= 0.3 is 17.9 Å². The zero-order valence-corrected chi connectivity index (χ0v) is 12.2. The Bertz CT molecular complexity index is 335. The fraction of sp³-hybridized carbons (Fsp3) is 0.714. The Morgan fingerprint density at radius 3 is 1.95 bits per heavy atom. The molecule has 0 saturated heterocycles. The van der Waals surface area contributed by atoms with Gasteiger partial charge < -0.3 is 19.7 Å². The van der Waals surface area contributed by atoms with E-state index in [1.54, 1.807) is 0 Å². The molecule has 0 aromatic rings. The molecule has 0 spiro atoms. The van der Waals surface area contributed by atoms with Crippen LogP contribution in [0, 0.1) is 0 Å². The summed E-state index contributed by atoms with van der Waals surface area (Å²) in [5.41, 5.74) is 0. The highest BCUT2D eigenvalue weighted by Crippen LogP contribution is 2.16. The van der Waals surface area contributed by atoms with E-state index in [9.17, 15) is 14.7 Å². The average molecular weight is 288 g/mol. The van der Waals surface area contributed by atoms with Crippen molar-refractivity contribution in [3.8, 4) is 0 Å². The van der Waals surface area contributed by atoms with Gasteiger partial charge in [0, 0.05) is 25.9 Å². The molecule has 0 radical (unpaired) electrons. The van der Waals surface area contributed by atoms with Crippen molar-refractivity contribution >= 4 is 11.9 Å². The van der Waals surface area contributed by atoms with Crippen molar-refractivity contribution < 1.29 is 29.3 Å². The third-order valence-corrected chi connectivity index (χ3v) is 2.41. The summed E-state index contributed by atoms with van der Waals surface area (Å²) in [4.78, 5) is 22.7. The summed E-state index contributed by atoms with van der Waals surface area (Å²) in [5.74, 6) is -1.77. The van der Waals surface area contributed by atoms with Crippen LogP contribution < -0.4 is 0 Å². The number of esters is 2. The van der Waals surface area contributed by atoms with Crippen LogP contribution in [-0.4, -0.2) is 28.8 Å². The first-order valence-corrected chi connectivity index (χ1v) is 6.99. The van der Waals surface area contributed by atoms with Crippen molar-refractivity contribution in [1.82, 2.24) is 0 Å². The number of allylic oxidation sites excluding steroid dienone is 1. The molecule has 0 aromatic carbocycles. The summed E-state index contributed by atoms with van der Waals surface area (Å²) >= 11 is 0. The first-order chi connectivity index (χ1) is 9.54. The van der Waals surface area contributed by atoms with Crippen molar-refractivity contribution in [3.63, 3.8) is 0 Å². The zero-order chi connectivity index (χ0) is 15.4. The topological polar surface area (TPSA) is 93.1 Å². The Kier molecular flexibility index (Phi) is 10.4. The van der Waals surface area contributed by atoms with Crippen LogP contribution >= 0.6 is 0 Å². The molecule has 0 aliphatic rings. The normalized spacial score (nSPS) is 11.8. The summed E-state index contributed by atoms with van der Waals surface area (Å²) in [6.45, 7) is 3.65. The number of carbonyl (C=O) groups is 2. The SMILES string of the molecule is CCCC(=O)O/C(O)=C(/CCCCO)OC(=O)CCC. The minimum atomic E-state index is -0.661. The quantitative estimate of drug-likeness (QED) is 0.364. The molecule has 0 saturated carbocycles. The van der Waals surface area contributed by atoms with Gasteiger partial charge in [-0.3, -0.25) is 9.59 Å². The molecule has 0 bridgehead atoms. The predicted octanol–water partition coefficient (Wildman–Crippen LogP) is 2.56. The van der Waals surface area contributed by atoms with Gasteiger partial charge in [0.1, 0.15) is 0 Å². The lowest BCUT2D eigenvalue weighted by atomic mass is 10.2. The predicted molar refractivity (Wildman–Crippen MR) is 72.6 cm³/mol. The summed E-state index contributed by atoms with van der Waals surface area (Å²) in [6.07, 6.45) is 2.87. The van der Waals surface area contributed by atoms with E-state index in [1.807, 2.05) is 13.8 Å². The second-order valence-electron chi connectivity index (χ2n) is 4.36. The van der Waals surface area contributed by atoms with Gasteiger partial charge in [0.2, 0.25) is 0 Å². The molecule has 0 unspecified atom stereocenters. The fourth-order valence-electron chi connectivity index (χ4n) is 1.41. The van der Waals surface area contributed by atoms with Gasteiger partial charge in [0.15, 0.2) is 5.76 Å². The van der Waals surface area contributed by atoms with E-state index in [0.29, 0.717) is 25.7 Å². The summed E-state index contributed by atoms with van der Waals surface area (Å²) in [6, 6.07) is 0. The Hall–Kier alpha value is -1.56. The molecule has 0 amide bonds.